The molecule has 1 fully saturated rings. The molecule has 1 aliphatic heterocycles. The van der Waals surface area contributed by atoms with Gasteiger partial charge in [0.05, 0.1) is 6.54 Å². The van der Waals surface area contributed by atoms with E-state index in [1.165, 1.54) is 0 Å². The molecule has 6 heteroatoms. The van der Waals surface area contributed by atoms with Gasteiger partial charge in [-0.3, -0.25) is 4.79 Å². The molecule has 2 amide bonds. The molecule has 0 bridgehead atoms. The Labute approximate surface area is 109 Å². The van der Waals surface area contributed by atoms with Crippen molar-refractivity contribution in [1.29, 1.82) is 0 Å². The molecule has 5 nitrogen and oxygen atoms in total. The van der Waals surface area contributed by atoms with Crippen LogP contribution in [0, 0.1) is 0 Å². The smallest absolute Gasteiger partial charge is 0.417 e. The number of alkyl halides is 1. The summed E-state index contributed by atoms with van der Waals surface area (Å²) in [5, 5.41) is 0. The summed E-state index contributed by atoms with van der Waals surface area (Å²) >= 11 is 5.39. The molecule has 2 rings (SSSR count). The van der Waals surface area contributed by atoms with Crippen molar-refractivity contribution >= 4 is 23.6 Å². The van der Waals surface area contributed by atoms with Gasteiger partial charge in [0.25, 0.3) is 0 Å². The Morgan fingerprint density at radius 3 is 2.83 bits per heavy atom. The van der Waals surface area contributed by atoms with E-state index in [0.29, 0.717) is 5.75 Å². The van der Waals surface area contributed by atoms with Crippen molar-refractivity contribution in [3.8, 4) is 5.75 Å². The highest BCUT2D eigenvalue weighted by Gasteiger charge is 2.35. The fraction of sp³-hybridized carbons (Fsp3) is 0.333. The van der Waals surface area contributed by atoms with Gasteiger partial charge < -0.3 is 9.47 Å². The van der Waals surface area contributed by atoms with Gasteiger partial charge in [0, 0.05) is 0 Å². The number of carbonyl (C=O) groups is 2. The standard InChI is InChI=1S/C12H12ClNO4/c13-6-11(15)14-7-10(18-12(14)16)8-17-9-4-2-1-3-5-9/h1-5,10H,6-8H2. The zero-order chi connectivity index (χ0) is 13.0. The Morgan fingerprint density at radius 1 is 1.44 bits per heavy atom. The summed E-state index contributed by atoms with van der Waals surface area (Å²) in [5.74, 6) is 0.000932. The molecule has 0 spiro atoms. The second kappa shape index (κ2) is 5.73. The summed E-state index contributed by atoms with van der Waals surface area (Å²) in [6, 6.07) is 9.18. The number of hydrogen-bond acceptors (Lipinski definition) is 4. The number of para-hydroxylation sites is 1. The van der Waals surface area contributed by atoms with Gasteiger partial charge in [-0.05, 0) is 12.1 Å². The van der Waals surface area contributed by atoms with Crippen LogP contribution in [0.25, 0.3) is 0 Å². The number of rotatable bonds is 4. The molecule has 0 saturated carbocycles. The molecule has 0 N–H and O–H groups in total. The van der Waals surface area contributed by atoms with E-state index in [2.05, 4.69) is 0 Å². The SMILES string of the molecule is O=C(CCl)N1CC(COc2ccccc2)OC1=O. The third-order valence-electron chi connectivity index (χ3n) is 2.47. The van der Waals surface area contributed by atoms with Crippen molar-refractivity contribution in [2.24, 2.45) is 0 Å². The van der Waals surface area contributed by atoms with Crippen LogP contribution in [-0.4, -0.2) is 42.0 Å². The zero-order valence-electron chi connectivity index (χ0n) is 9.54. The first-order valence-corrected chi connectivity index (χ1v) is 5.99. The highest BCUT2D eigenvalue weighted by atomic mass is 35.5. The van der Waals surface area contributed by atoms with Crippen LogP contribution in [0.15, 0.2) is 30.3 Å². The van der Waals surface area contributed by atoms with E-state index < -0.39 is 18.1 Å². The first-order chi connectivity index (χ1) is 8.70. The van der Waals surface area contributed by atoms with Crippen LogP contribution in [0.4, 0.5) is 4.79 Å². The summed E-state index contributed by atoms with van der Waals surface area (Å²) in [7, 11) is 0. The minimum absolute atomic E-state index is 0.178. The molecule has 1 aromatic rings. The van der Waals surface area contributed by atoms with Crippen LogP contribution in [0.5, 0.6) is 5.75 Å². The molecule has 1 aromatic carbocycles. The van der Waals surface area contributed by atoms with Crippen molar-refractivity contribution in [3.63, 3.8) is 0 Å². The lowest BCUT2D eigenvalue weighted by Gasteiger charge is -2.10. The largest absolute Gasteiger partial charge is 0.490 e. The molecule has 1 unspecified atom stereocenters. The van der Waals surface area contributed by atoms with E-state index >= 15 is 0 Å². The average Bonchev–Trinajstić information content (AvgIpc) is 2.78. The Hall–Kier alpha value is -1.75. The maximum Gasteiger partial charge on any atom is 0.417 e. The van der Waals surface area contributed by atoms with Gasteiger partial charge in [0.1, 0.15) is 18.2 Å². The lowest BCUT2D eigenvalue weighted by Crippen LogP contribution is -2.33. The monoisotopic (exact) mass is 269 g/mol. The second-order valence-corrected chi connectivity index (χ2v) is 4.04. The van der Waals surface area contributed by atoms with E-state index in [0.717, 1.165) is 4.90 Å². The highest BCUT2D eigenvalue weighted by molar-refractivity contribution is 6.28. The van der Waals surface area contributed by atoms with Crippen molar-refractivity contribution in [1.82, 2.24) is 4.90 Å². The minimum atomic E-state index is -0.665. The van der Waals surface area contributed by atoms with E-state index in [1.807, 2.05) is 18.2 Å². The topological polar surface area (TPSA) is 55.8 Å². The van der Waals surface area contributed by atoms with Crippen LogP contribution in [0.3, 0.4) is 0 Å². The number of ether oxygens (including phenoxy) is 2. The van der Waals surface area contributed by atoms with Gasteiger partial charge >= 0.3 is 6.09 Å². The van der Waals surface area contributed by atoms with Crippen LogP contribution >= 0.6 is 11.6 Å². The van der Waals surface area contributed by atoms with Gasteiger partial charge in [-0.25, -0.2) is 9.69 Å². The molecule has 0 aliphatic carbocycles. The van der Waals surface area contributed by atoms with Gasteiger partial charge in [0.15, 0.2) is 6.10 Å². The van der Waals surface area contributed by atoms with Gasteiger partial charge in [-0.15, -0.1) is 11.6 Å². The number of hydrogen-bond donors (Lipinski definition) is 0. The number of halogens is 1. The first kappa shape index (κ1) is 12.7. The third-order valence-corrected chi connectivity index (χ3v) is 2.70. The van der Waals surface area contributed by atoms with Crippen LogP contribution in [-0.2, 0) is 9.53 Å². The summed E-state index contributed by atoms with van der Waals surface area (Å²) in [5.41, 5.74) is 0. The number of cyclic esters (lactones) is 1. The number of amides is 2. The van der Waals surface area contributed by atoms with Crippen molar-refractivity contribution < 1.29 is 19.1 Å². The average molecular weight is 270 g/mol. The van der Waals surface area contributed by atoms with Crippen LogP contribution in [0.2, 0.25) is 0 Å². The number of benzene rings is 1. The third kappa shape index (κ3) is 2.92. The molecule has 1 aliphatic rings. The molecular formula is C12H12ClNO4. The quantitative estimate of drug-likeness (QED) is 0.780. The van der Waals surface area contributed by atoms with Crippen molar-refractivity contribution in [3.05, 3.63) is 30.3 Å². The van der Waals surface area contributed by atoms with Crippen LogP contribution < -0.4 is 4.74 Å². The molecule has 18 heavy (non-hydrogen) atoms. The fourth-order valence-corrected chi connectivity index (χ4v) is 1.73. The van der Waals surface area contributed by atoms with Crippen LogP contribution in [0.1, 0.15) is 0 Å². The molecule has 1 atom stereocenters. The Bertz CT molecular complexity index is 437. The van der Waals surface area contributed by atoms with Gasteiger partial charge in [-0.1, -0.05) is 18.2 Å². The van der Waals surface area contributed by atoms with E-state index in [1.54, 1.807) is 12.1 Å². The summed E-state index contributed by atoms with van der Waals surface area (Å²) in [4.78, 5) is 23.7. The Balaban J connectivity index is 1.86. The fourth-order valence-electron chi connectivity index (χ4n) is 1.59. The lowest BCUT2D eigenvalue weighted by molar-refractivity contribution is -0.125. The molecule has 96 valence electrons. The maximum absolute atomic E-state index is 11.4. The Kier molecular flexibility index (Phi) is 4.04. The molecular weight excluding hydrogens is 258 g/mol. The molecule has 0 radical (unpaired) electrons. The number of carbonyl (C=O) groups excluding carboxylic acids is 2. The zero-order valence-corrected chi connectivity index (χ0v) is 10.3. The molecule has 0 aromatic heterocycles. The number of imide groups is 1. The van der Waals surface area contributed by atoms with Gasteiger partial charge in [-0.2, -0.15) is 0 Å². The predicted molar refractivity (Wildman–Crippen MR) is 64.6 cm³/mol. The summed E-state index contributed by atoms with van der Waals surface area (Å²) in [6.45, 7) is 0.388. The summed E-state index contributed by atoms with van der Waals surface area (Å²) in [6.07, 6.45) is -1.12. The van der Waals surface area contributed by atoms with Gasteiger partial charge in [0.2, 0.25) is 5.91 Å². The van der Waals surface area contributed by atoms with E-state index in [4.69, 9.17) is 21.1 Å². The van der Waals surface area contributed by atoms with Crippen molar-refractivity contribution in [2.45, 2.75) is 6.10 Å². The van der Waals surface area contributed by atoms with E-state index in [-0.39, 0.29) is 19.0 Å². The second-order valence-electron chi connectivity index (χ2n) is 3.77. The predicted octanol–water partition coefficient (Wildman–Crippen LogP) is 1.65. The maximum atomic E-state index is 11.4. The minimum Gasteiger partial charge on any atom is -0.490 e. The lowest BCUT2D eigenvalue weighted by atomic mass is 10.3. The summed E-state index contributed by atoms with van der Waals surface area (Å²) < 4.78 is 10.5. The highest BCUT2D eigenvalue weighted by Crippen LogP contribution is 2.15. The molecule has 1 saturated heterocycles. The Morgan fingerprint density at radius 2 is 2.17 bits per heavy atom. The first-order valence-electron chi connectivity index (χ1n) is 5.45. The van der Waals surface area contributed by atoms with Crippen molar-refractivity contribution in [2.75, 3.05) is 19.0 Å². The number of nitrogens with zero attached hydrogens (tertiary/aromatic N) is 1. The van der Waals surface area contributed by atoms with E-state index in [9.17, 15) is 9.59 Å². The normalized spacial score (nSPS) is 18.6. The molecule has 1 heterocycles.